The summed E-state index contributed by atoms with van der Waals surface area (Å²) in [5.74, 6) is 1.54. The van der Waals surface area contributed by atoms with Crippen molar-refractivity contribution < 1.29 is 14.1 Å². The summed E-state index contributed by atoms with van der Waals surface area (Å²) in [6.07, 6.45) is 0. The molecule has 3 rings (SSSR count). The molecule has 0 saturated carbocycles. The van der Waals surface area contributed by atoms with Crippen LogP contribution in [0.15, 0.2) is 53.1 Å². The molecule has 0 aliphatic heterocycles. The number of nitrogens with one attached hydrogen (secondary N) is 1. The van der Waals surface area contributed by atoms with Gasteiger partial charge in [-0.2, -0.15) is 4.98 Å². The maximum Gasteiger partial charge on any atom is 0.322 e. The minimum absolute atomic E-state index is 0.203. The van der Waals surface area contributed by atoms with Crippen LogP contribution in [0.4, 0.5) is 10.5 Å². The highest BCUT2D eigenvalue weighted by Gasteiger charge is 2.15. The molecule has 1 aromatic heterocycles. The number of aryl methyl sites for hydroxylation is 1. The Labute approximate surface area is 151 Å². The number of benzene rings is 2. The van der Waals surface area contributed by atoms with Crippen LogP contribution in [0.2, 0.25) is 0 Å². The van der Waals surface area contributed by atoms with Crippen LogP contribution < -0.4 is 10.1 Å². The molecule has 0 radical (unpaired) electrons. The van der Waals surface area contributed by atoms with Crippen molar-refractivity contribution in [1.29, 1.82) is 0 Å². The lowest BCUT2D eigenvalue weighted by Crippen LogP contribution is -2.30. The number of ether oxygens (including phenoxy) is 1. The molecule has 1 N–H and O–H groups in total. The van der Waals surface area contributed by atoms with Crippen LogP contribution in [0.3, 0.4) is 0 Å². The van der Waals surface area contributed by atoms with Crippen molar-refractivity contribution in [2.75, 3.05) is 19.5 Å². The van der Waals surface area contributed by atoms with Gasteiger partial charge in [0.2, 0.25) is 11.7 Å². The fourth-order valence-corrected chi connectivity index (χ4v) is 2.33. The van der Waals surface area contributed by atoms with Gasteiger partial charge in [0.05, 0.1) is 7.11 Å². The number of urea groups is 1. The molecule has 7 nitrogen and oxygen atoms in total. The van der Waals surface area contributed by atoms with Crippen molar-refractivity contribution in [3.8, 4) is 17.1 Å². The quantitative estimate of drug-likeness (QED) is 0.757. The van der Waals surface area contributed by atoms with Crippen LogP contribution in [0.5, 0.6) is 5.75 Å². The molecule has 2 aromatic carbocycles. The Bertz CT molecular complexity index is 890. The van der Waals surface area contributed by atoms with Gasteiger partial charge in [-0.05, 0) is 19.1 Å². The normalized spacial score (nSPS) is 10.4. The van der Waals surface area contributed by atoms with Crippen LogP contribution in [0, 0.1) is 6.92 Å². The molecule has 0 spiro atoms. The smallest absolute Gasteiger partial charge is 0.322 e. The van der Waals surface area contributed by atoms with E-state index in [1.807, 2.05) is 37.3 Å². The summed E-state index contributed by atoms with van der Waals surface area (Å²) in [6.45, 7) is 2.22. The summed E-state index contributed by atoms with van der Waals surface area (Å²) in [5, 5.41) is 6.77. The molecule has 26 heavy (non-hydrogen) atoms. The number of amides is 2. The highest BCUT2D eigenvalue weighted by molar-refractivity contribution is 5.89. The number of hydrogen-bond acceptors (Lipinski definition) is 5. The van der Waals surface area contributed by atoms with Gasteiger partial charge in [-0.25, -0.2) is 4.79 Å². The Morgan fingerprint density at radius 3 is 2.73 bits per heavy atom. The monoisotopic (exact) mass is 352 g/mol. The van der Waals surface area contributed by atoms with E-state index in [1.165, 1.54) is 4.90 Å². The van der Waals surface area contributed by atoms with Crippen molar-refractivity contribution in [2.24, 2.45) is 0 Å². The average Bonchev–Trinajstić information content (AvgIpc) is 3.11. The third kappa shape index (κ3) is 4.18. The first kappa shape index (κ1) is 17.5. The van der Waals surface area contributed by atoms with E-state index in [0.29, 0.717) is 23.2 Å². The third-order valence-electron chi connectivity index (χ3n) is 3.82. The summed E-state index contributed by atoms with van der Waals surface area (Å²) in [5.41, 5.74) is 2.67. The lowest BCUT2D eigenvalue weighted by atomic mass is 10.1. The lowest BCUT2D eigenvalue weighted by Gasteiger charge is -2.16. The fraction of sp³-hybridized carbons (Fsp3) is 0.211. The molecule has 0 aliphatic rings. The molecule has 134 valence electrons. The van der Waals surface area contributed by atoms with Crippen LogP contribution in [-0.4, -0.2) is 35.2 Å². The molecule has 3 aromatic rings. The zero-order valence-corrected chi connectivity index (χ0v) is 14.9. The first-order chi connectivity index (χ1) is 12.5. The number of hydrogen-bond donors (Lipinski definition) is 1. The zero-order valence-electron chi connectivity index (χ0n) is 14.9. The molecule has 2 amide bonds. The minimum Gasteiger partial charge on any atom is -0.497 e. The second kappa shape index (κ2) is 7.69. The SMILES string of the molecule is COc1cccc(NC(=O)N(C)Cc2nc(-c3ccc(C)cc3)no2)c1. The topological polar surface area (TPSA) is 80.5 Å². The number of carbonyl (C=O) groups excluding carboxylic acids is 1. The van der Waals surface area contributed by atoms with Crippen molar-refractivity contribution in [2.45, 2.75) is 13.5 Å². The number of aromatic nitrogens is 2. The number of nitrogens with zero attached hydrogens (tertiary/aromatic N) is 3. The summed E-state index contributed by atoms with van der Waals surface area (Å²) in [7, 11) is 3.24. The Balaban J connectivity index is 1.63. The van der Waals surface area contributed by atoms with Crippen LogP contribution in [-0.2, 0) is 6.54 Å². The number of carbonyl (C=O) groups is 1. The molecule has 0 fully saturated rings. The van der Waals surface area contributed by atoms with Crippen molar-refractivity contribution in [3.63, 3.8) is 0 Å². The highest BCUT2D eigenvalue weighted by Crippen LogP contribution is 2.18. The Kier molecular flexibility index (Phi) is 5.17. The van der Waals surface area contributed by atoms with Crippen molar-refractivity contribution in [3.05, 3.63) is 60.0 Å². The van der Waals surface area contributed by atoms with E-state index >= 15 is 0 Å². The van der Waals surface area contributed by atoms with Crippen LogP contribution in [0.1, 0.15) is 11.5 Å². The van der Waals surface area contributed by atoms with Crippen molar-refractivity contribution in [1.82, 2.24) is 15.0 Å². The molecular formula is C19H20N4O3. The molecular weight excluding hydrogens is 332 g/mol. The highest BCUT2D eigenvalue weighted by atomic mass is 16.5. The van der Waals surface area contributed by atoms with E-state index in [0.717, 1.165) is 11.1 Å². The number of rotatable bonds is 5. The average molecular weight is 352 g/mol. The van der Waals surface area contributed by atoms with E-state index in [4.69, 9.17) is 9.26 Å². The summed E-state index contributed by atoms with van der Waals surface area (Å²) in [4.78, 5) is 18.1. The molecule has 0 bridgehead atoms. The van der Waals surface area contributed by atoms with Gasteiger partial charge < -0.3 is 19.5 Å². The maximum absolute atomic E-state index is 12.3. The first-order valence-electron chi connectivity index (χ1n) is 8.11. The Morgan fingerprint density at radius 1 is 1.23 bits per heavy atom. The number of anilines is 1. The second-order valence-corrected chi connectivity index (χ2v) is 5.90. The van der Waals surface area contributed by atoms with Crippen LogP contribution >= 0.6 is 0 Å². The summed E-state index contributed by atoms with van der Waals surface area (Å²) in [6, 6.07) is 14.7. The number of methoxy groups -OCH3 is 1. The summed E-state index contributed by atoms with van der Waals surface area (Å²) >= 11 is 0. The first-order valence-corrected chi connectivity index (χ1v) is 8.11. The van der Waals surface area contributed by atoms with Gasteiger partial charge in [-0.15, -0.1) is 0 Å². The Morgan fingerprint density at radius 2 is 2.00 bits per heavy atom. The van der Waals surface area contributed by atoms with E-state index < -0.39 is 0 Å². The lowest BCUT2D eigenvalue weighted by molar-refractivity contribution is 0.213. The zero-order chi connectivity index (χ0) is 18.5. The maximum atomic E-state index is 12.3. The van der Waals surface area contributed by atoms with Gasteiger partial charge in [0.15, 0.2) is 0 Å². The standard InChI is InChI=1S/C19H20N4O3/c1-13-7-9-14(10-8-13)18-21-17(26-22-18)12-23(2)19(24)20-15-5-4-6-16(11-15)25-3/h4-11H,12H2,1-3H3,(H,20,24). The van der Waals surface area contributed by atoms with Gasteiger partial charge >= 0.3 is 6.03 Å². The second-order valence-electron chi connectivity index (χ2n) is 5.90. The van der Waals surface area contributed by atoms with Gasteiger partial charge in [-0.3, -0.25) is 0 Å². The molecule has 0 aliphatic carbocycles. The molecule has 0 atom stereocenters. The fourth-order valence-electron chi connectivity index (χ4n) is 2.33. The van der Waals surface area contributed by atoms with E-state index in [9.17, 15) is 4.79 Å². The molecule has 1 heterocycles. The molecule has 0 unspecified atom stereocenters. The Hall–Kier alpha value is -3.35. The van der Waals surface area contributed by atoms with Crippen molar-refractivity contribution >= 4 is 11.7 Å². The van der Waals surface area contributed by atoms with E-state index in [1.54, 1.807) is 32.4 Å². The van der Waals surface area contributed by atoms with Gasteiger partial charge in [0.25, 0.3) is 0 Å². The molecule has 7 heteroatoms. The third-order valence-corrected chi connectivity index (χ3v) is 3.82. The minimum atomic E-state index is -0.284. The molecule has 0 saturated heterocycles. The van der Waals surface area contributed by atoms with Gasteiger partial charge in [0, 0.05) is 24.4 Å². The largest absolute Gasteiger partial charge is 0.497 e. The van der Waals surface area contributed by atoms with Gasteiger partial charge in [0.1, 0.15) is 12.3 Å². The summed E-state index contributed by atoms with van der Waals surface area (Å²) < 4.78 is 10.4. The predicted molar refractivity (Wildman–Crippen MR) is 98.0 cm³/mol. The van der Waals surface area contributed by atoms with E-state index in [-0.39, 0.29) is 12.6 Å². The van der Waals surface area contributed by atoms with Crippen LogP contribution in [0.25, 0.3) is 11.4 Å². The predicted octanol–water partition coefficient (Wildman–Crippen LogP) is 3.72. The van der Waals surface area contributed by atoms with Gasteiger partial charge in [-0.1, -0.05) is 41.1 Å². The van der Waals surface area contributed by atoms with E-state index in [2.05, 4.69) is 15.5 Å².